The number of nitrogens with one attached hydrogen (secondary N) is 1. The molecule has 0 unspecified atom stereocenters. The first-order valence-electron chi connectivity index (χ1n) is 11.2. The second-order valence-corrected chi connectivity index (χ2v) is 8.47. The maximum atomic E-state index is 14.6. The molecule has 0 radical (unpaired) electrons. The Labute approximate surface area is 188 Å². The average Bonchev–Trinajstić information content (AvgIpc) is 3.34. The number of rotatable bonds is 4. The lowest BCUT2D eigenvalue weighted by Gasteiger charge is -2.38. The summed E-state index contributed by atoms with van der Waals surface area (Å²) in [6.45, 7) is 2.95. The van der Waals surface area contributed by atoms with Gasteiger partial charge in [0.2, 0.25) is 5.91 Å². The van der Waals surface area contributed by atoms with E-state index in [-0.39, 0.29) is 29.6 Å². The van der Waals surface area contributed by atoms with E-state index in [2.05, 4.69) is 17.4 Å². The first-order chi connectivity index (χ1) is 15.7. The van der Waals surface area contributed by atoms with E-state index in [0.717, 1.165) is 16.7 Å². The van der Waals surface area contributed by atoms with Crippen molar-refractivity contribution in [3.05, 3.63) is 95.8 Å². The van der Waals surface area contributed by atoms with Crippen LogP contribution in [0.3, 0.4) is 0 Å². The Morgan fingerprint density at radius 2 is 1.62 bits per heavy atom. The van der Waals surface area contributed by atoms with Gasteiger partial charge in [-0.2, -0.15) is 0 Å². The fourth-order valence-electron chi connectivity index (χ4n) is 5.04. The molecule has 3 aromatic carbocycles. The van der Waals surface area contributed by atoms with Gasteiger partial charge in [0, 0.05) is 31.1 Å². The number of nitrogens with zero attached hydrogens (tertiary/aromatic N) is 1. The Morgan fingerprint density at radius 3 is 2.44 bits per heavy atom. The highest BCUT2D eigenvalue weighted by Crippen LogP contribution is 2.38. The minimum atomic E-state index is -0.244. The van der Waals surface area contributed by atoms with E-state index in [4.69, 9.17) is 4.74 Å². The fraction of sp³-hybridized carbons (Fsp3) is 0.296. The molecule has 1 N–H and O–H groups in total. The van der Waals surface area contributed by atoms with Gasteiger partial charge >= 0.3 is 0 Å². The Balaban J connectivity index is 1.47. The van der Waals surface area contributed by atoms with Crippen molar-refractivity contribution in [2.24, 2.45) is 5.92 Å². The summed E-state index contributed by atoms with van der Waals surface area (Å²) in [6.07, 6.45) is 0. The third-order valence-corrected chi connectivity index (χ3v) is 6.65. The number of halogens is 1. The Morgan fingerprint density at radius 1 is 0.906 bits per heavy atom. The molecule has 0 saturated carbocycles. The molecule has 0 bridgehead atoms. The maximum absolute atomic E-state index is 14.6. The maximum Gasteiger partial charge on any atom is 0.228 e. The highest BCUT2D eigenvalue weighted by molar-refractivity contribution is 5.82. The molecular formula is C27H27FN2O2. The molecule has 3 atom stereocenters. The number of hydrogen-bond acceptors (Lipinski definition) is 3. The quantitative estimate of drug-likeness (QED) is 0.667. The summed E-state index contributed by atoms with van der Waals surface area (Å²) in [5.41, 5.74) is 3.55. The molecule has 2 aliphatic heterocycles. The molecule has 2 saturated heterocycles. The summed E-state index contributed by atoms with van der Waals surface area (Å²) in [7, 11) is 0. The van der Waals surface area contributed by atoms with Crippen LogP contribution in [0.2, 0.25) is 0 Å². The van der Waals surface area contributed by atoms with Crippen LogP contribution in [-0.2, 0) is 9.53 Å². The summed E-state index contributed by atoms with van der Waals surface area (Å²) in [6, 6.07) is 24.7. The van der Waals surface area contributed by atoms with Gasteiger partial charge in [-0.15, -0.1) is 0 Å². The standard InChI is InChI=1S/C27H27FN2O2/c28-25-13-7-6-12-22(25)20-10-4-5-11-21(20)23-16-29-17-24(23)27(31)30-14-15-32-18-26(30)19-8-2-1-3-9-19/h1-13,23-24,26,29H,14-18H2/t23-,24+,26+/m0/s1. The van der Waals surface area contributed by atoms with Crippen LogP contribution in [0.15, 0.2) is 78.9 Å². The number of benzene rings is 3. The monoisotopic (exact) mass is 430 g/mol. The van der Waals surface area contributed by atoms with Crippen molar-refractivity contribution in [3.8, 4) is 11.1 Å². The molecule has 5 rings (SSSR count). The van der Waals surface area contributed by atoms with Crippen LogP contribution in [0.1, 0.15) is 23.1 Å². The molecular weight excluding hydrogens is 403 g/mol. The summed E-state index contributed by atoms with van der Waals surface area (Å²) >= 11 is 0. The Kier molecular flexibility index (Phi) is 6.02. The third-order valence-electron chi connectivity index (χ3n) is 6.65. The van der Waals surface area contributed by atoms with Gasteiger partial charge in [0.05, 0.1) is 25.2 Å². The Bertz CT molecular complexity index is 1090. The summed E-state index contributed by atoms with van der Waals surface area (Å²) < 4.78 is 20.4. The van der Waals surface area contributed by atoms with Crippen molar-refractivity contribution in [2.75, 3.05) is 32.8 Å². The third kappa shape index (κ3) is 3.94. The lowest BCUT2D eigenvalue weighted by atomic mass is 9.83. The van der Waals surface area contributed by atoms with Crippen molar-refractivity contribution in [1.29, 1.82) is 0 Å². The second-order valence-electron chi connectivity index (χ2n) is 8.47. The molecule has 0 spiro atoms. The van der Waals surface area contributed by atoms with Crippen LogP contribution < -0.4 is 5.32 Å². The van der Waals surface area contributed by atoms with Gasteiger partial charge in [0.25, 0.3) is 0 Å². The van der Waals surface area contributed by atoms with Crippen LogP contribution in [0.4, 0.5) is 4.39 Å². The number of ether oxygens (including phenoxy) is 1. The smallest absolute Gasteiger partial charge is 0.228 e. The predicted molar refractivity (Wildman–Crippen MR) is 123 cm³/mol. The summed E-state index contributed by atoms with van der Waals surface area (Å²) in [4.78, 5) is 15.8. The van der Waals surface area contributed by atoms with E-state index in [0.29, 0.717) is 38.4 Å². The van der Waals surface area contributed by atoms with Gasteiger partial charge < -0.3 is 15.0 Å². The number of carbonyl (C=O) groups is 1. The molecule has 2 fully saturated rings. The van der Waals surface area contributed by atoms with Crippen molar-refractivity contribution < 1.29 is 13.9 Å². The number of amides is 1. The lowest BCUT2D eigenvalue weighted by molar-refractivity contribution is -0.144. The van der Waals surface area contributed by atoms with Gasteiger partial charge in [-0.25, -0.2) is 4.39 Å². The van der Waals surface area contributed by atoms with E-state index < -0.39 is 0 Å². The van der Waals surface area contributed by atoms with Crippen molar-refractivity contribution in [3.63, 3.8) is 0 Å². The first kappa shape index (κ1) is 20.9. The fourth-order valence-corrected chi connectivity index (χ4v) is 5.04. The van der Waals surface area contributed by atoms with Gasteiger partial charge in [0.1, 0.15) is 5.82 Å². The molecule has 5 heteroatoms. The Hall–Kier alpha value is -3.02. The molecule has 0 aromatic heterocycles. The highest BCUT2D eigenvalue weighted by Gasteiger charge is 2.40. The van der Waals surface area contributed by atoms with Gasteiger partial charge in [0.15, 0.2) is 0 Å². The zero-order chi connectivity index (χ0) is 21.9. The van der Waals surface area contributed by atoms with Crippen molar-refractivity contribution >= 4 is 5.91 Å². The first-order valence-corrected chi connectivity index (χ1v) is 11.2. The topological polar surface area (TPSA) is 41.6 Å². The molecule has 4 nitrogen and oxygen atoms in total. The number of carbonyl (C=O) groups excluding carboxylic acids is 1. The van der Waals surface area contributed by atoms with E-state index in [1.807, 2.05) is 53.4 Å². The van der Waals surface area contributed by atoms with E-state index >= 15 is 0 Å². The molecule has 1 amide bonds. The zero-order valence-corrected chi connectivity index (χ0v) is 17.9. The van der Waals surface area contributed by atoms with Crippen LogP contribution in [-0.4, -0.2) is 43.7 Å². The van der Waals surface area contributed by atoms with Crippen molar-refractivity contribution in [1.82, 2.24) is 10.2 Å². The highest BCUT2D eigenvalue weighted by atomic mass is 19.1. The van der Waals surface area contributed by atoms with Crippen LogP contribution in [0, 0.1) is 11.7 Å². The molecule has 3 aromatic rings. The SMILES string of the molecule is O=C([C@@H]1CNC[C@H]1c1ccccc1-c1ccccc1F)N1CCOC[C@@H]1c1ccccc1. The van der Waals surface area contributed by atoms with Crippen LogP contribution in [0.25, 0.3) is 11.1 Å². The average molecular weight is 431 g/mol. The molecule has 32 heavy (non-hydrogen) atoms. The van der Waals surface area contributed by atoms with Crippen LogP contribution >= 0.6 is 0 Å². The van der Waals surface area contributed by atoms with E-state index in [9.17, 15) is 9.18 Å². The van der Waals surface area contributed by atoms with E-state index in [1.54, 1.807) is 12.1 Å². The summed E-state index contributed by atoms with van der Waals surface area (Å²) in [5, 5.41) is 3.42. The van der Waals surface area contributed by atoms with Crippen LogP contribution in [0.5, 0.6) is 0 Å². The van der Waals surface area contributed by atoms with Gasteiger partial charge in [-0.05, 0) is 22.8 Å². The van der Waals surface area contributed by atoms with Gasteiger partial charge in [-0.3, -0.25) is 4.79 Å². The molecule has 2 heterocycles. The lowest BCUT2D eigenvalue weighted by Crippen LogP contribution is -2.47. The predicted octanol–water partition coefficient (Wildman–Crippen LogP) is 4.40. The van der Waals surface area contributed by atoms with Gasteiger partial charge in [-0.1, -0.05) is 72.8 Å². The largest absolute Gasteiger partial charge is 0.377 e. The molecule has 0 aliphatic carbocycles. The second kappa shape index (κ2) is 9.23. The zero-order valence-electron chi connectivity index (χ0n) is 17.9. The minimum Gasteiger partial charge on any atom is -0.377 e. The van der Waals surface area contributed by atoms with Crippen molar-refractivity contribution in [2.45, 2.75) is 12.0 Å². The number of hydrogen-bond donors (Lipinski definition) is 1. The molecule has 2 aliphatic rings. The minimum absolute atomic E-state index is 0.0161. The summed E-state index contributed by atoms with van der Waals surface area (Å²) in [5.74, 6) is -0.323. The normalized spacial score (nSPS) is 23.3. The van der Waals surface area contributed by atoms with E-state index in [1.165, 1.54) is 6.07 Å². The number of morpholine rings is 1. The molecule has 164 valence electrons.